The lowest BCUT2D eigenvalue weighted by molar-refractivity contribution is 1.30. The van der Waals surface area contributed by atoms with Crippen molar-refractivity contribution in [2.45, 2.75) is 17.6 Å². The van der Waals surface area contributed by atoms with Gasteiger partial charge < -0.3 is 5.73 Å². The predicted octanol–water partition coefficient (Wildman–Crippen LogP) is 5.08. The van der Waals surface area contributed by atoms with Gasteiger partial charge in [-0.05, 0) is 53.1 Å². The van der Waals surface area contributed by atoms with Gasteiger partial charge in [-0.3, -0.25) is 0 Å². The quantitative estimate of drug-likeness (QED) is 0.536. The molecule has 0 spiro atoms. The topological polar surface area (TPSA) is 26.0 Å². The molecular weight excluding hydrogens is 270 g/mol. The molecule has 0 radical (unpaired) electrons. The molecule has 2 aromatic carbocycles. The average molecular weight is 285 g/mol. The van der Waals surface area contributed by atoms with Crippen LogP contribution in [0.15, 0.2) is 52.7 Å². The normalized spacial score (nSPS) is 11.0. The Bertz CT molecular complexity index is 716. The van der Waals surface area contributed by atoms with Crippen molar-refractivity contribution in [2.75, 3.05) is 5.73 Å². The number of anilines is 1. The number of nitrogens with two attached hydrogens (primary N) is 1. The van der Waals surface area contributed by atoms with Crippen molar-refractivity contribution in [3.8, 4) is 0 Å². The maximum Gasteiger partial charge on any atom is 0.0345 e. The Balaban J connectivity index is 1.82. The minimum atomic E-state index is 0.836. The molecular formula is C16H15NS2. The first kappa shape index (κ1) is 12.6. The number of hydrogen-bond acceptors (Lipinski definition) is 3. The SMILES string of the molecule is Cc1cc(N)ccc1SCc1csc2ccccc12. The van der Waals surface area contributed by atoms with Gasteiger partial charge in [0.2, 0.25) is 0 Å². The van der Waals surface area contributed by atoms with Crippen molar-refractivity contribution in [2.24, 2.45) is 0 Å². The van der Waals surface area contributed by atoms with Crippen LogP contribution in [0.25, 0.3) is 10.1 Å². The van der Waals surface area contributed by atoms with Crippen molar-refractivity contribution in [3.05, 3.63) is 59.0 Å². The second kappa shape index (κ2) is 5.27. The zero-order valence-electron chi connectivity index (χ0n) is 10.7. The number of thioether (sulfide) groups is 1. The molecule has 0 aliphatic carbocycles. The van der Waals surface area contributed by atoms with E-state index >= 15 is 0 Å². The van der Waals surface area contributed by atoms with E-state index in [1.54, 1.807) is 0 Å². The molecule has 19 heavy (non-hydrogen) atoms. The highest BCUT2D eigenvalue weighted by Crippen LogP contribution is 2.32. The summed E-state index contributed by atoms with van der Waals surface area (Å²) in [7, 11) is 0. The summed E-state index contributed by atoms with van der Waals surface area (Å²) in [6.07, 6.45) is 0. The molecule has 0 atom stereocenters. The molecule has 3 aromatic rings. The molecule has 0 unspecified atom stereocenters. The first-order valence-electron chi connectivity index (χ1n) is 6.18. The van der Waals surface area contributed by atoms with Crippen LogP contribution in [0.3, 0.4) is 0 Å². The fraction of sp³-hybridized carbons (Fsp3) is 0.125. The fourth-order valence-electron chi connectivity index (χ4n) is 2.13. The number of benzene rings is 2. The van der Waals surface area contributed by atoms with Crippen molar-refractivity contribution >= 4 is 38.9 Å². The van der Waals surface area contributed by atoms with Crippen LogP contribution >= 0.6 is 23.1 Å². The molecule has 1 heterocycles. The van der Waals surface area contributed by atoms with Gasteiger partial charge in [0.15, 0.2) is 0 Å². The van der Waals surface area contributed by atoms with Gasteiger partial charge in [0.1, 0.15) is 0 Å². The minimum Gasteiger partial charge on any atom is -0.399 e. The van der Waals surface area contributed by atoms with Crippen LogP contribution in [0.5, 0.6) is 0 Å². The van der Waals surface area contributed by atoms with Crippen LogP contribution < -0.4 is 5.73 Å². The summed E-state index contributed by atoms with van der Waals surface area (Å²) >= 11 is 3.70. The Labute approximate surface area is 121 Å². The molecule has 3 heteroatoms. The molecule has 0 aliphatic heterocycles. The zero-order valence-corrected chi connectivity index (χ0v) is 12.4. The Morgan fingerprint density at radius 2 is 2.00 bits per heavy atom. The van der Waals surface area contributed by atoms with E-state index in [2.05, 4.69) is 42.6 Å². The van der Waals surface area contributed by atoms with Gasteiger partial charge in [-0.25, -0.2) is 0 Å². The second-order valence-corrected chi connectivity index (χ2v) is 6.50. The maximum atomic E-state index is 5.79. The molecule has 0 saturated heterocycles. The van der Waals surface area contributed by atoms with Crippen molar-refractivity contribution in [1.29, 1.82) is 0 Å². The third-order valence-electron chi connectivity index (χ3n) is 3.14. The van der Waals surface area contributed by atoms with E-state index in [0.717, 1.165) is 11.4 Å². The van der Waals surface area contributed by atoms with E-state index < -0.39 is 0 Å². The average Bonchev–Trinajstić information content (AvgIpc) is 2.81. The lowest BCUT2D eigenvalue weighted by Gasteiger charge is -2.06. The van der Waals surface area contributed by atoms with Gasteiger partial charge in [-0.2, -0.15) is 0 Å². The van der Waals surface area contributed by atoms with Crippen LogP contribution in [0.4, 0.5) is 5.69 Å². The Morgan fingerprint density at radius 1 is 1.16 bits per heavy atom. The van der Waals surface area contributed by atoms with E-state index in [1.165, 1.54) is 26.1 Å². The number of aryl methyl sites for hydroxylation is 1. The summed E-state index contributed by atoms with van der Waals surface area (Å²) in [5, 5.41) is 3.65. The van der Waals surface area contributed by atoms with Crippen molar-refractivity contribution in [1.82, 2.24) is 0 Å². The van der Waals surface area contributed by atoms with Gasteiger partial charge in [-0.1, -0.05) is 18.2 Å². The van der Waals surface area contributed by atoms with Gasteiger partial charge in [0.25, 0.3) is 0 Å². The summed E-state index contributed by atoms with van der Waals surface area (Å²) in [4.78, 5) is 1.31. The number of fused-ring (bicyclic) bond motifs is 1. The highest BCUT2D eigenvalue weighted by atomic mass is 32.2. The molecule has 0 fully saturated rings. The summed E-state index contributed by atoms with van der Waals surface area (Å²) in [5.41, 5.74) is 9.29. The van der Waals surface area contributed by atoms with Gasteiger partial charge in [0.05, 0.1) is 0 Å². The van der Waals surface area contributed by atoms with Gasteiger partial charge >= 0.3 is 0 Å². The number of thiophene rings is 1. The minimum absolute atomic E-state index is 0.836. The van der Waals surface area contributed by atoms with Crippen molar-refractivity contribution < 1.29 is 0 Å². The molecule has 0 saturated carbocycles. The van der Waals surface area contributed by atoms with E-state index in [-0.39, 0.29) is 0 Å². The number of rotatable bonds is 3. The Hall–Kier alpha value is -1.45. The van der Waals surface area contributed by atoms with E-state index in [0.29, 0.717) is 0 Å². The highest BCUT2D eigenvalue weighted by molar-refractivity contribution is 7.98. The molecule has 0 bridgehead atoms. The maximum absolute atomic E-state index is 5.79. The molecule has 0 amide bonds. The van der Waals surface area contributed by atoms with E-state index in [9.17, 15) is 0 Å². The van der Waals surface area contributed by atoms with Crippen LogP contribution in [-0.2, 0) is 5.75 Å². The summed E-state index contributed by atoms with van der Waals surface area (Å²) in [6, 6.07) is 14.7. The van der Waals surface area contributed by atoms with E-state index in [1.807, 2.05) is 35.2 Å². The number of hydrogen-bond donors (Lipinski definition) is 1. The molecule has 2 N–H and O–H groups in total. The second-order valence-electron chi connectivity index (χ2n) is 4.57. The predicted molar refractivity (Wildman–Crippen MR) is 87.0 cm³/mol. The third-order valence-corrected chi connectivity index (χ3v) is 5.38. The Morgan fingerprint density at radius 3 is 2.84 bits per heavy atom. The molecule has 1 nitrogen and oxygen atoms in total. The molecule has 0 aliphatic rings. The monoisotopic (exact) mass is 285 g/mol. The third kappa shape index (κ3) is 2.62. The smallest absolute Gasteiger partial charge is 0.0345 e. The van der Waals surface area contributed by atoms with Crippen LogP contribution in [0, 0.1) is 6.92 Å². The molecule has 3 rings (SSSR count). The first-order valence-corrected chi connectivity index (χ1v) is 8.04. The summed E-state index contributed by atoms with van der Waals surface area (Å²) < 4.78 is 1.37. The van der Waals surface area contributed by atoms with Gasteiger partial charge in [0, 0.05) is 21.0 Å². The fourth-order valence-corrected chi connectivity index (χ4v) is 4.20. The van der Waals surface area contributed by atoms with E-state index in [4.69, 9.17) is 5.73 Å². The zero-order chi connectivity index (χ0) is 13.2. The summed E-state index contributed by atoms with van der Waals surface area (Å²) in [5.74, 6) is 1.01. The summed E-state index contributed by atoms with van der Waals surface area (Å²) in [6.45, 7) is 2.12. The molecule has 96 valence electrons. The number of nitrogen functional groups attached to an aromatic ring is 1. The van der Waals surface area contributed by atoms with Crippen LogP contribution in [-0.4, -0.2) is 0 Å². The first-order chi connectivity index (χ1) is 9.24. The lowest BCUT2D eigenvalue weighted by atomic mass is 10.2. The highest BCUT2D eigenvalue weighted by Gasteiger charge is 2.05. The lowest BCUT2D eigenvalue weighted by Crippen LogP contribution is -1.87. The standard InChI is InChI=1S/C16H15NS2/c1-11-8-13(17)6-7-15(11)18-9-12-10-19-16-5-3-2-4-14(12)16/h2-8,10H,9,17H2,1H3. The van der Waals surface area contributed by atoms with Crippen molar-refractivity contribution in [3.63, 3.8) is 0 Å². The largest absolute Gasteiger partial charge is 0.399 e. The molecule has 1 aromatic heterocycles. The van der Waals surface area contributed by atoms with Gasteiger partial charge in [-0.15, -0.1) is 23.1 Å². The van der Waals surface area contributed by atoms with Crippen LogP contribution in [0.2, 0.25) is 0 Å². The van der Waals surface area contributed by atoms with Crippen LogP contribution in [0.1, 0.15) is 11.1 Å². The Kier molecular flexibility index (Phi) is 3.49.